The molecule has 7 heteroatoms. The molecular formula is C20H21N5O2. The Kier molecular flexibility index (Phi) is 4.16. The van der Waals surface area contributed by atoms with Crippen molar-refractivity contribution in [2.75, 3.05) is 13.7 Å². The molecular weight excluding hydrogens is 342 g/mol. The van der Waals surface area contributed by atoms with E-state index in [0.717, 1.165) is 16.5 Å². The van der Waals surface area contributed by atoms with E-state index in [4.69, 9.17) is 10.5 Å². The van der Waals surface area contributed by atoms with Crippen LogP contribution in [0.1, 0.15) is 24.1 Å². The lowest BCUT2D eigenvalue weighted by Gasteiger charge is -2.15. The molecule has 0 aliphatic carbocycles. The summed E-state index contributed by atoms with van der Waals surface area (Å²) >= 11 is 0. The maximum atomic E-state index is 12.4. The van der Waals surface area contributed by atoms with Crippen molar-refractivity contribution < 1.29 is 4.74 Å². The Morgan fingerprint density at radius 2 is 1.96 bits per heavy atom. The Labute approximate surface area is 155 Å². The third-order valence-electron chi connectivity index (χ3n) is 5.00. The van der Waals surface area contributed by atoms with E-state index in [1.54, 1.807) is 7.11 Å². The van der Waals surface area contributed by atoms with Gasteiger partial charge in [-0.3, -0.25) is 4.79 Å². The highest BCUT2D eigenvalue weighted by Crippen LogP contribution is 2.38. The van der Waals surface area contributed by atoms with Crippen molar-refractivity contribution >= 4 is 21.9 Å². The van der Waals surface area contributed by atoms with Crippen LogP contribution >= 0.6 is 0 Å². The summed E-state index contributed by atoms with van der Waals surface area (Å²) in [5.41, 5.74) is 10.9. The molecule has 138 valence electrons. The van der Waals surface area contributed by atoms with Gasteiger partial charge in [-0.2, -0.15) is 0 Å². The number of nitrogens with zero attached hydrogens (tertiary/aromatic N) is 2. The molecule has 3 heterocycles. The van der Waals surface area contributed by atoms with Crippen molar-refractivity contribution in [1.29, 1.82) is 0 Å². The molecule has 0 amide bonds. The first-order chi connectivity index (χ1) is 13.0. The maximum absolute atomic E-state index is 12.4. The lowest BCUT2D eigenvalue weighted by Crippen LogP contribution is -2.09. The van der Waals surface area contributed by atoms with Crippen molar-refractivity contribution in [3.8, 4) is 17.0 Å². The molecule has 0 bridgehead atoms. The van der Waals surface area contributed by atoms with Gasteiger partial charge in [0.2, 0.25) is 5.88 Å². The van der Waals surface area contributed by atoms with E-state index < -0.39 is 0 Å². The molecule has 0 saturated heterocycles. The molecule has 0 aliphatic heterocycles. The SMILES string of the molecule is COc1nc(C)c2[nH]c(=O)c3[nH]cnc3c2c1-c1ccc(C(C)CN)cc1. The zero-order chi connectivity index (χ0) is 19.1. The fourth-order valence-corrected chi connectivity index (χ4v) is 3.43. The van der Waals surface area contributed by atoms with Gasteiger partial charge >= 0.3 is 0 Å². The van der Waals surface area contributed by atoms with Gasteiger partial charge in [0.25, 0.3) is 5.56 Å². The average Bonchev–Trinajstić information content (AvgIpc) is 3.18. The van der Waals surface area contributed by atoms with Crippen molar-refractivity contribution in [3.05, 3.63) is 52.2 Å². The van der Waals surface area contributed by atoms with E-state index in [-0.39, 0.29) is 11.5 Å². The van der Waals surface area contributed by atoms with Crippen LogP contribution in [-0.4, -0.2) is 33.6 Å². The van der Waals surface area contributed by atoms with E-state index in [2.05, 4.69) is 39.0 Å². The molecule has 1 atom stereocenters. The van der Waals surface area contributed by atoms with Crippen molar-refractivity contribution in [3.63, 3.8) is 0 Å². The molecule has 4 rings (SSSR count). The van der Waals surface area contributed by atoms with E-state index in [1.807, 2.05) is 19.1 Å². The van der Waals surface area contributed by atoms with Crippen LogP contribution in [0.5, 0.6) is 5.88 Å². The van der Waals surface area contributed by atoms with Crippen LogP contribution in [0, 0.1) is 6.92 Å². The minimum absolute atomic E-state index is 0.219. The number of hydrogen-bond donors (Lipinski definition) is 3. The molecule has 0 radical (unpaired) electrons. The summed E-state index contributed by atoms with van der Waals surface area (Å²) in [6, 6.07) is 8.18. The Morgan fingerprint density at radius 1 is 1.22 bits per heavy atom. The summed E-state index contributed by atoms with van der Waals surface area (Å²) < 4.78 is 5.58. The molecule has 3 aromatic heterocycles. The second kappa shape index (κ2) is 6.51. The van der Waals surface area contributed by atoms with Gasteiger partial charge in [0.15, 0.2) is 0 Å². The number of aromatic nitrogens is 4. The summed E-state index contributed by atoms with van der Waals surface area (Å²) in [5.74, 6) is 0.777. The molecule has 1 unspecified atom stereocenters. The molecule has 27 heavy (non-hydrogen) atoms. The van der Waals surface area contributed by atoms with Gasteiger partial charge in [-0.05, 0) is 30.5 Å². The number of hydrogen-bond acceptors (Lipinski definition) is 5. The smallest absolute Gasteiger partial charge is 0.274 e. The third-order valence-corrected chi connectivity index (χ3v) is 5.00. The van der Waals surface area contributed by atoms with Gasteiger partial charge in [-0.15, -0.1) is 0 Å². The van der Waals surface area contributed by atoms with Crippen LogP contribution in [0.4, 0.5) is 0 Å². The Balaban J connectivity index is 2.08. The van der Waals surface area contributed by atoms with Gasteiger partial charge in [0, 0.05) is 5.39 Å². The predicted octanol–water partition coefficient (Wildman–Crippen LogP) is 2.85. The number of pyridine rings is 2. The zero-order valence-corrected chi connectivity index (χ0v) is 15.5. The van der Waals surface area contributed by atoms with Gasteiger partial charge in [0.05, 0.1) is 30.2 Å². The summed E-state index contributed by atoms with van der Waals surface area (Å²) in [6.07, 6.45) is 1.53. The van der Waals surface area contributed by atoms with E-state index in [9.17, 15) is 4.79 Å². The van der Waals surface area contributed by atoms with Gasteiger partial charge in [-0.1, -0.05) is 31.2 Å². The Hall–Kier alpha value is -3.19. The van der Waals surface area contributed by atoms with E-state index in [0.29, 0.717) is 34.7 Å². The molecule has 0 saturated carbocycles. The number of aryl methyl sites for hydroxylation is 1. The molecule has 7 nitrogen and oxygen atoms in total. The quantitative estimate of drug-likeness (QED) is 0.516. The van der Waals surface area contributed by atoms with Gasteiger partial charge in [0.1, 0.15) is 11.0 Å². The number of nitrogens with two attached hydrogens (primary N) is 1. The number of imidazole rings is 1. The first kappa shape index (κ1) is 17.2. The summed E-state index contributed by atoms with van der Waals surface area (Å²) in [4.78, 5) is 27.2. The van der Waals surface area contributed by atoms with Gasteiger partial charge in [-0.25, -0.2) is 9.97 Å². The highest BCUT2D eigenvalue weighted by atomic mass is 16.5. The lowest BCUT2D eigenvalue weighted by molar-refractivity contribution is 0.399. The minimum Gasteiger partial charge on any atom is -0.481 e. The minimum atomic E-state index is -0.219. The summed E-state index contributed by atoms with van der Waals surface area (Å²) in [6.45, 7) is 4.53. The summed E-state index contributed by atoms with van der Waals surface area (Å²) in [7, 11) is 1.59. The second-order valence-electron chi connectivity index (χ2n) is 6.67. The molecule has 0 fully saturated rings. The van der Waals surface area contributed by atoms with Crippen molar-refractivity contribution in [2.45, 2.75) is 19.8 Å². The maximum Gasteiger partial charge on any atom is 0.274 e. The van der Waals surface area contributed by atoms with Crippen LogP contribution in [0.2, 0.25) is 0 Å². The largest absolute Gasteiger partial charge is 0.481 e. The second-order valence-corrected chi connectivity index (χ2v) is 6.67. The number of rotatable bonds is 4. The molecule has 4 aromatic rings. The average molecular weight is 363 g/mol. The van der Waals surface area contributed by atoms with E-state index in [1.165, 1.54) is 11.9 Å². The number of H-pyrrole nitrogens is 2. The lowest BCUT2D eigenvalue weighted by atomic mass is 9.95. The number of benzene rings is 1. The highest BCUT2D eigenvalue weighted by molar-refractivity contribution is 6.11. The molecule has 4 N–H and O–H groups in total. The fourth-order valence-electron chi connectivity index (χ4n) is 3.43. The van der Waals surface area contributed by atoms with Crippen LogP contribution in [0.25, 0.3) is 33.1 Å². The first-order valence-corrected chi connectivity index (χ1v) is 8.79. The Morgan fingerprint density at radius 3 is 2.63 bits per heavy atom. The van der Waals surface area contributed by atoms with Crippen LogP contribution < -0.4 is 16.0 Å². The Bertz CT molecular complexity index is 1190. The third kappa shape index (κ3) is 2.67. The predicted molar refractivity (Wildman–Crippen MR) is 106 cm³/mol. The normalized spacial score (nSPS) is 12.6. The standard InChI is InChI=1S/C20H21N5O2/c1-10(8-21)12-4-6-13(7-5-12)14-15-16(11(2)24-20(14)27-3)25-19(26)18-17(15)22-9-23-18/h4-7,9-10H,8,21H2,1-3H3,(H,22,23)(H,25,26). The fraction of sp³-hybridized carbons (Fsp3) is 0.250. The monoisotopic (exact) mass is 363 g/mol. The topological polar surface area (TPSA) is 110 Å². The highest BCUT2D eigenvalue weighted by Gasteiger charge is 2.20. The molecule has 0 spiro atoms. The zero-order valence-electron chi connectivity index (χ0n) is 15.5. The number of methoxy groups -OCH3 is 1. The molecule has 1 aromatic carbocycles. The molecule has 0 aliphatic rings. The van der Waals surface area contributed by atoms with Crippen LogP contribution in [0.3, 0.4) is 0 Å². The van der Waals surface area contributed by atoms with Crippen molar-refractivity contribution in [1.82, 2.24) is 19.9 Å². The van der Waals surface area contributed by atoms with Crippen LogP contribution in [-0.2, 0) is 0 Å². The number of ether oxygens (including phenoxy) is 1. The number of nitrogens with one attached hydrogen (secondary N) is 2. The number of aromatic amines is 2. The van der Waals surface area contributed by atoms with Crippen LogP contribution in [0.15, 0.2) is 35.4 Å². The first-order valence-electron chi connectivity index (χ1n) is 8.79. The number of fused-ring (bicyclic) bond motifs is 3. The van der Waals surface area contributed by atoms with Crippen molar-refractivity contribution in [2.24, 2.45) is 5.73 Å². The van der Waals surface area contributed by atoms with E-state index >= 15 is 0 Å². The summed E-state index contributed by atoms with van der Waals surface area (Å²) in [5, 5.41) is 0.815. The van der Waals surface area contributed by atoms with Gasteiger partial charge < -0.3 is 20.4 Å².